The van der Waals surface area contributed by atoms with Crippen LogP contribution >= 0.6 is 0 Å². The van der Waals surface area contributed by atoms with E-state index in [1.807, 2.05) is 6.92 Å². The molecule has 0 aliphatic rings. The first-order chi connectivity index (χ1) is 4.48. The second-order valence-electron chi connectivity index (χ2n) is 3.50. The van der Waals surface area contributed by atoms with E-state index >= 15 is 0 Å². The SMILES string of the molecule is CC#CC(C)(C)CN(C)C. The molecule has 0 aromatic carbocycles. The zero-order valence-electron chi connectivity index (χ0n) is 7.65. The van der Waals surface area contributed by atoms with Gasteiger partial charge in [-0.15, -0.1) is 5.92 Å². The summed E-state index contributed by atoms with van der Waals surface area (Å²) in [7, 11) is 4.14. The lowest BCUT2D eigenvalue weighted by molar-refractivity contribution is 0.302. The Hall–Kier alpha value is -0.480. The van der Waals surface area contributed by atoms with Crippen LogP contribution in [0.1, 0.15) is 20.8 Å². The highest BCUT2D eigenvalue weighted by atomic mass is 15.1. The van der Waals surface area contributed by atoms with E-state index in [1.54, 1.807) is 0 Å². The Morgan fingerprint density at radius 3 is 2.10 bits per heavy atom. The van der Waals surface area contributed by atoms with Crippen molar-refractivity contribution in [2.45, 2.75) is 20.8 Å². The third kappa shape index (κ3) is 4.40. The Morgan fingerprint density at radius 1 is 1.30 bits per heavy atom. The van der Waals surface area contributed by atoms with Gasteiger partial charge in [-0.25, -0.2) is 0 Å². The summed E-state index contributed by atoms with van der Waals surface area (Å²) in [6, 6.07) is 0. The molecular weight excluding hydrogens is 122 g/mol. The van der Waals surface area contributed by atoms with E-state index < -0.39 is 0 Å². The van der Waals surface area contributed by atoms with Gasteiger partial charge in [0.1, 0.15) is 0 Å². The summed E-state index contributed by atoms with van der Waals surface area (Å²) in [5, 5.41) is 0. The molecule has 0 unspecified atom stereocenters. The Kier molecular flexibility index (Phi) is 3.46. The molecule has 1 heteroatoms. The second-order valence-corrected chi connectivity index (χ2v) is 3.50. The van der Waals surface area contributed by atoms with Crippen molar-refractivity contribution < 1.29 is 0 Å². The van der Waals surface area contributed by atoms with E-state index in [0.717, 1.165) is 6.54 Å². The van der Waals surface area contributed by atoms with Gasteiger partial charge in [-0.05, 0) is 34.9 Å². The normalized spacial score (nSPS) is 11.0. The van der Waals surface area contributed by atoms with Crippen LogP contribution in [0.5, 0.6) is 0 Å². The predicted molar refractivity (Wildman–Crippen MR) is 45.8 cm³/mol. The van der Waals surface area contributed by atoms with Crippen LogP contribution < -0.4 is 0 Å². The van der Waals surface area contributed by atoms with Crippen LogP contribution in [0.4, 0.5) is 0 Å². The van der Waals surface area contributed by atoms with Gasteiger partial charge in [0.05, 0.1) is 0 Å². The summed E-state index contributed by atoms with van der Waals surface area (Å²) >= 11 is 0. The first-order valence-electron chi connectivity index (χ1n) is 3.56. The highest BCUT2D eigenvalue weighted by molar-refractivity contribution is 5.07. The molecule has 0 amide bonds. The van der Waals surface area contributed by atoms with Crippen molar-refractivity contribution in [2.75, 3.05) is 20.6 Å². The first-order valence-corrected chi connectivity index (χ1v) is 3.56. The van der Waals surface area contributed by atoms with Gasteiger partial charge in [0.25, 0.3) is 0 Å². The molecule has 0 radical (unpaired) electrons. The maximum Gasteiger partial charge on any atom is 0.0384 e. The van der Waals surface area contributed by atoms with Crippen molar-refractivity contribution in [1.82, 2.24) is 4.90 Å². The Labute approximate surface area is 64.4 Å². The average Bonchev–Trinajstić information content (AvgIpc) is 1.59. The quantitative estimate of drug-likeness (QED) is 0.525. The maximum absolute atomic E-state index is 3.16. The van der Waals surface area contributed by atoms with Crippen LogP contribution in [-0.4, -0.2) is 25.5 Å². The molecule has 0 heterocycles. The highest BCUT2D eigenvalue weighted by Gasteiger charge is 2.14. The van der Waals surface area contributed by atoms with Gasteiger partial charge in [-0.3, -0.25) is 0 Å². The average molecular weight is 139 g/mol. The van der Waals surface area contributed by atoms with Crippen LogP contribution in [0.2, 0.25) is 0 Å². The highest BCUT2D eigenvalue weighted by Crippen LogP contribution is 2.13. The van der Waals surface area contributed by atoms with E-state index in [1.165, 1.54) is 0 Å². The largest absolute Gasteiger partial charge is 0.308 e. The summed E-state index contributed by atoms with van der Waals surface area (Å²) < 4.78 is 0. The molecule has 0 atom stereocenters. The Bertz CT molecular complexity index is 146. The third-order valence-electron chi connectivity index (χ3n) is 1.17. The summed E-state index contributed by atoms with van der Waals surface area (Å²) in [6.07, 6.45) is 0. The van der Waals surface area contributed by atoms with Gasteiger partial charge in [0, 0.05) is 12.0 Å². The molecule has 0 aromatic rings. The smallest absolute Gasteiger partial charge is 0.0384 e. The van der Waals surface area contributed by atoms with Crippen LogP contribution in [0, 0.1) is 17.3 Å². The molecule has 0 aromatic heterocycles. The van der Waals surface area contributed by atoms with Crippen LogP contribution in [-0.2, 0) is 0 Å². The molecule has 1 nitrogen and oxygen atoms in total. The van der Waals surface area contributed by atoms with Crippen molar-refractivity contribution >= 4 is 0 Å². The molecule has 0 aliphatic carbocycles. The fourth-order valence-electron chi connectivity index (χ4n) is 1.17. The molecule has 0 saturated carbocycles. The molecule has 58 valence electrons. The summed E-state index contributed by atoms with van der Waals surface area (Å²) in [5.74, 6) is 6.10. The molecule has 10 heavy (non-hydrogen) atoms. The minimum atomic E-state index is 0.137. The van der Waals surface area contributed by atoms with Crippen LogP contribution in [0.15, 0.2) is 0 Å². The summed E-state index contributed by atoms with van der Waals surface area (Å²) in [4.78, 5) is 2.16. The lowest BCUT2D eigenvalue weighted by atomic mass is 9.94. The minimum absolute atomic E-state index is 0.137. The number of nitrogens with zero attached hydrogens (tertiary/aromatic N) is 1. The van der Waals surface area contributed by atoms with Crippen molar-refractivity contribution in [3.8, 4) is 11.8 Å². The van der Waals surface area contributed by atoms with Gasteiger partial charge >= 0.3 is 0 Å². The van der Waals surface area contributed by atoms with Crippen molar-refractivity contribution in [1.29, 1.82) is 0 Å². The number of rotatable bonds is 2. The number of hydrogen-bond acceptors (Lipinski definition) is 1. The van der Waals surface area contributed by atoms with E-state index in [4.69, 9.17) is 0 Å². The molecule has 0 spiro atoms. The lowest BCUT2D eigenvalue weighted by Gasteiger charge is -2.22. The standard InChI is InChI=1S/C9H17N/c1-6-7-9(2,3)8-10(4)5/h8H2,1-5H3. The fraction of sp³-hybridized carbons (Fsp3) is 0.778. The molecule has 0 fully saturated rings. The van der Waals surface area contributed by atoms with Crippen molar-refractivity contribution in [3.63, 3.8) is 0 Å². The first kappa shape index (κ1) is 9.52. The molecule has 0 bridgehead atoms. The van der Waals surface area contributed by atoms with Gasteiger partial charge < -0.3 is 4.90 Å². The zero-order chi connectivity index (χ0) is 8.20. The monoisotopic (exact) mass is 139 g/mol. The third-order valence-corrected chi connectivity index (χ3v) is 1.17. The zero-order valence-corrected chi connectivity index (χ0v) is 7.65. The molecule has 0 aliphatic heterocycles. The topological polar surface area (TPSA) is 3.24 Å². The lowest BCUT2D eigenvalue weighted by Crippen LogP contribution is -2.27. The molecule has 0 saturated heterocycles. The van der Waals surface area contributed by atoms with Gasteiger partial charge in [0.2, 0.25) is 0 Å². The minimum Gasteiger partial charge on any atom is -0.308 e. The predicted octanol–water partition coefficient (Wildman–Crippen LogP) is 1.60. The fourth-order valence-corrected chi connectivity index (χ4v) is 1.17. The van der Waals surface area contributed by atoms with E-state index in [2.05, 4.69) is 44.7 Å². The van der Waals surface area contributed by atoms with Gasteiger partial charge in [0.15, 0.2) is 0 Å². The van der Waals surface area contributed by atoms with Crippen LogP contribution in [0.25, 0.3) is 0 Å². The summed E-state index contributed by atoms with van der Waals surface area (Å²) in [5.41, 5.74) is 0.137. The maximum atomic E-state index is 3.16. The van der Waals surface area contributed by atoms with Crippen molar-refractivity contribution in [2.24, 2.45) is 5.41 Å². The van der Waals surface area contributed by atoms with Gasteiger partial charge in [-0.2, -0.15) is 0 Å². The Balaban J connectivity index is 3.95. The Morgan fingerprint density at radius 2 is 1.80 bits per heavy atom. The van der Waals surface area contributed by atoms with Crippen LogP contribution in [0.3, 0.4) is 0 Å². The van der Waals surface area contributed by atoms with Gasteiger partial charge in [-0.1, -0.05) is 5.92 Å². The van der Waals surface area contributed by atoms with E-state index in [9.17, 15) is 0 Å². The van der Waals surface area contributed by atoms with E-state index in [-0.39, 0.29) is 5.41 Å². The molecule has 0 N–H and O–H groups in total. The molecule has 0 rings (SSSR count). The van der Waals surface area contributed by atoms with Crippen molar-refractivity contribution in [3.05, 3.63) is 0 Å². The second kappa shape index (κ2) is 3.63. The summed E-state index contributed by atoms with van der Waals surface area (Å²) in [6.45, 7) is 7.22. The molecular formula is C9H17N. The number of hydrogen-bond donors (Lipinski definition) is 0. The van der Waals surface area contributed by atoms with E-state index in [0.29, 0.717) is 0 Å².